The number of anilines is 2. The van der Waals surface area contributed by atoms with E-state index in [2.05, 4.69) is 14.7 Å². The molecular weight excluding hydrogens is 644 g/mol. The van der Waals surface area contributed by atoms with Gasteiger partial charge in [0.05, 0.1) is 67.6 Å². The number of aromatic nitrogens is 2. The van der Waals surface area contributed by atoms with Gasteiger partial charge in [-0.2, -0.15) is 0 Å². The first kappa shape index (κ1) is 35.7. The van der Waals surface area contributed by atoms with Crippen molar-refractivity contribution in [2.45, 2.75) is 13.1 Å². The second-order valence-corrected chi connectivity index (χ2v) is 13.5. The molecule has 2 heterocycles. The van der Waals surface area contributed by atoms with Gasteiger partial charge in [-0.25, -0.2) is 30.4 Å². The topological polar surface area (TPSA) is 170 Å². The fraction of sp³-hybridized carbons (Fsp3) is 0.200. The Balaban J connectivity index is 0.000000250. The quantitative estimate of drug-likeness (QED) is 0.184. The summed E-state index contributed by atoms with van der Waals surface area (Å²) in [5.74, 6) is -1.86. The Kier molecular flexibility index (Phi) is 12.0. The summed E-state index contributed by atoms with van der Waals surface area (Å²) in [7, 11) is -6.00. The van der Waals surface area contributed by atoms with Crippen molar-refractivity contribution in [3.8, 4) is 0 Å². The molecule has 0 fully saturated rings. The van der Waals surface area contributed by atoms with Crippen molar-refractivity contribution >= 4 is 43.2 Å². The Bertz CT molecular complexity index is 1750. The number of halogens is 2. The van der Waals surface area contributed by atoms with E-state index in [4.69, 9.17) is 5.73 Å². The number of esters is 1. The Morgan fingerprint density at radius 2 is 1.17 bits per heavy atom. The van der Waals surface area contributed by atoms with Crippen molar-refractivity contribution in [2.24, 2.45) is 5.73 Å². The molecule has 0 spiro atoms. The van der Waals surface area contributed by atoms with E-state index in [-0.39, 0.29) is 42.4 Å². The average molecular weight is 676 g/mol. The summed E-state index contributed by atoms with van der Waals surface area (Å²) in [6.07, 6.45) is 4.70. The largest absolute Gasteiger partial charge is 0.465 e. The van der Waals surface area contributed by atoms with Crippen molar-refractivity contribution in [1.82, 2.24) is 9.97 Å². The Morgan fingerprint density at radius 3 is 1.50 bits per heavy atom. The molecule has 2 N–H and O–H groups in total. The fourth-order valence-electron chi connectivity index (χ4n) is 3.91. The number of ketones is 1. The molecule has 0 radical (unpaired) electrons. The highest BCUT2D eigenvalue weighted by Crippen LogP contribution is 2.22. The number of ether oxygens (including phenoxy) is 1. The maximum Gasteiger partial charge on any atom is 0.339 e. The maximum absolute atomic E-state index is 13.3. The predicted octanol–water partition coefficient (Wildman–Crippen LogP) is 3.30. The second kappa shape index (κ2) is 15.5. The number of carbonyl (C=O) groups excluding carboxylic acids is 2. The van der Waals surface area contributed by atoms with E-state index in [0.29, 0.717) is 17.0 Å². The monoisotopic (exact) mass is 675 g/mol. The number of nitrogens with zero attached hydrogens (tertiary/aromatic N) is 4. The summed E-state index contributed by atoms with van der Waals surface area (Å²) >= 11 is 0. The van der Waals surface area contributed by atoms with Gasteiger partial charge in [-0.1, -0.05) is 12.1 Å². The third kappa shape index (κ3) is 10.1. The molecule has 0 unspecified atom stereocenters. The zero-order chi connectivity index (χ0) is 34.1. The van der Waals surface area contributed by atoms with Gasteiger partial charge in [0.25, 0.3) is 0 Å². The molecule has 0 saturated heterocycles. The number of nitrogens with two attached hydrogens (primary N) is 1. The number of hydrogen-bond acceptors (Lipinski definition) is 10. The van der Waals surface area contributed by atoms with E-state index >= 15 is 0 Å². The maximum atomic E-state index is 13.3. The molecule has 2 aromatic heterocycles. The lowest BCUT2D eigenvalue weighted by atomic mass is 10.2. The Hall–Kier alpha value is -4.80. The third-order valence-electron chi connectivity index (χ3n) is 6.18. The third-order valence-corrected chi connectivity index (χ3v) is 8.46. The Labute approximate surface area is 265 Å². The van der Waals surface area contributed by atoms with Crippen LogP contribution in [-0.2, 0) is 37.9 Å². The van der Waals surface area contributed by atoms with E-state index < -0.39 is 37.7 Å². The number of hydrogen-bond donors (Lipinski definition) is 1. The van der Waals surface area contributed by atoms with Crippen LogP contribution in [0, 0.1) is 11.6 Å². The van der Waals surface area contributed by atoms with Crippen molar-refractivity contribution in [3.05, 3.63) is 119 Å². The van der Waals surface area contributed by atoms with E-state index in [1.165, 1.54) is 74.1 Å². The van der Waals surface area contributed by atoms with Crippen LogP contribution in [0.1, 0.15) is 32.1 Å². The van der Waals surface area contributed by atoms with Gasteiger partial charge in [0.1, 0.15) is 11.6 Å². The van der Waals surface area contributed by atoms with Crippen molar-refractivity contribution < 1.29 is 39.9 Å². The molecule has 0 aliphatic heterocycles. The van der Waals surface area contributed by atoms with Crippen LogP contribution in [0.2, 0.25) is 0 Å². The van der Waals surface area contributed by atoms with Crippen LogP contribution < -0.4 is 14.3 Å². The zero-order valence-corrected chi connectivity index (χ0v) is 26.6. The summed E-state index contributed by atoms with van der Waals surface area (Å²) in [5.41, 5.74) is 7.12. The average Bonchev–Trinajstić information content (AvgIpc) is 3.01. The zero-order valence-electron chi connectivity index (χ0n) is 25.0. The Morgan fingerprint density at radius 1 is 0.739 bits per heavy atom. The first-order chi connectivity index (χ1) is 21.6. The molecule has 0 bridgehead atoms. The summed E-state index contributed by atoms with van der Waals surface area (Å²) in [5, 5.41) is 0. The minimum Gasteiger partial charge on any atom is -0.465 e. The molecule has 0 aliphatic rings. The van der Waals surface area contributed by atoms with Crippen molar-refractivity contribution in [2.75, 3.05) is 34.8 Å². The lowest BCUT2D eigenvalue weighted by Gasteiger charge is -2.22. The van der Waals surface area contributed by atoms with Gasteiger partial charge in [-0.05, 0) is 60.7 Å². The lowest BCUT2D eigenvalue weighted by molar-refractivity contribution is 0.0600. The van der Waals surface area contributed by atoms with E-state index in [1.54, 1.807) is 6.07 Å². The first-order valence-electron chi connectivity index (χ1n) is 13.3. The number of benzene rings is 2. The number of carbonyl (C=O) groups is 2. The van der Waals surface area contributed by atoms with Gasteiger partial charge in [0.15, 0.2) is 5.78 Å². The fourth-order valence-corrected chi connectivity index (χ4v) is 5.64. The molecule has 46 heavy (non-hydrogen) atoms. The highest BCUT2D eigenvalue weighted by molar-refractivity contribution is 7.92. The van der Waals surface area contributed by atoms with Gasteiger partial charge >= 0.3 is 5.97 Å². The van der Waals surface area contributed by atoms with E-state index in [1.807, 2.05) is 0 Å². The minimum atomic E-state index is -3.63. The number of pyridine rings is 2. The van der Waals surface area contributed by atoms with Crippen molar-refractivity contribution in [3.63, 3.8) is 0 Å². The summed E-state index contributed by atoms with van der Waals surface area (Å²) in [6, 6.07) is 16.6. The number of sulfonamides is 2. The van der Waals surface area contributed by atoms with Crippen molar-refractivity contribution in [1.29, 1.82) is 0 Å². The number of rotatable bonds is 11. The molecule has 4 rings (SSSR count). The molecular formula is C30H31F2N5O7S2. The predicted molar refractivity (Wildman–Crippen MR) is 168 cm³/mol. The molecule has 0 atom stereocenters. The van der Waals surface area contributed by atoms with E-state index in [0.717, 1.165) is 33.3 Å². The molecule has 0 amide bonds. The highest BCUT2D eigenvalue weighted by Gasteiger charge is 2.20. The van der Waals surface area contributed by atoms with Crippen LogP contribution in [0.15, 0.2) is 85.2 Å². The summed E-state index contributed by atoms with van der Waals surface area (Å²) in [4.78, 5) is 30.9. The van der Waals surface area contributed by atoms with Crippen LogP contribution in [0.5, 0.6) is 0 Å². The lowest BCUT2D eigenvalue weighted by Crippen LogP contribution is -2.29. The van der Waals surface area contributed by atoms with Crippen LogP contribution >= 0.6 is 0 Å². The van der Waals surface area contributed by atoms with E-state index in [9.17, 15) is 35.2 Å². The molecule has 0 saturated carbocycles. The highest BCUT2D eigenvalue weighted by atomic mass is 32.2. The molecule has 12 nitrogen and oxygen atoms in total. The number of methoxy groups -OCH3 is 1. The minimum absolute atomic E-state index is 0.0701. The standard InChI is InChI=1S/C15H16FN3O3S.C15H15FN2O4S/c1-23(21,22)19(14-4-2-3-12(16)7-14)10-13-6-5-11(9-18-13)15(20)8-17;1-22-15(19)11-6-7-13(17-9-11)10-18(23(2,20)21)14-5-3-4-12(16)8-14/h2-7,9H,8,10,17H2,1H3;3-9H,10H2,1-2H3. The molecule has 16 heteroatoms. The van der Waals surface area contributed by atoms with Crippen LogP contribution in [0.3, 0.4) is 0 Å². The molecule has 244 valence electrons. The van der Waals surface area contributed by atoms with Gasteiger partial charge in [-0.3, -0.25) is 23.4 Å². The van der Waals surface area contributed by atoms with Gasteiger partial charge < -0.3 is 10.5 Å². The van der Waals surface area contributed by atoms with Gasteiger partial charge in [0.2, 0.25) is 20.0 Å². The normalized spacial score (nSPS) is 11.2. The SMILES string of the molecule is COC(=O)c1ccc(CN(c2cccc(F)c2)S(C)(=O)=O)nc1.CS(=O)(=O)N(Cc1ccc(C(=O)CN)cn1)c1cccc(F)c1. The summed E-state index contributed by atoms with van der Waals surface area (Å²) < 4.78 is 81.2. The smallest absolute Gasteiger partial charge is 0.339 e. The number of Topliss-reactive ketones (excluding diaryl/α,β-unsaturated/α-hetero) is 1. The molecule has 4 aromatic rings. The van der Waals surface area contributed by atoms with Gasteiger partial charge in [-0.15, -0.1) is 0 Å². The second-order valence-electron chi connectivity index (χ2n) is 9.69. The summed E-state index contributed by atoms with van der Waals surface area (Å²) in [6.45, 7) is -0.275. The van der Waals surface area contributed by atoms with Gasteiger partial charge in [0, 0.05) is 18.0 Å². The van der Waals surface area contributed by atoms with Crippen LogP contribution in [-0.4, -0.2) is 64.7 Å². The van der Waals surface area contributed by atoms with Crippen LogP contribution in [0.4, 0.5) is 20.2 Å². The van der Waals surface area contributed by atoms with Crippen LogP contribution in [0.25, 0.3) is 0 Å². The molecule has 2 aromatic carbocycles. The molecule has 0 aliphatic carbocycles. The first-order valence-corrected chi connectivity index (χ1v) is 17.0.